The molecule has 0 fully saturated rings. The summed E-state index contributed by atoms with van der Waals surface area (Å²) < 4.78 is 74.3. The van der Waals surface area contributed by atoms with Crippen molar-refractivity contribution in [1.29, 1.82) is 0 Å². The number of halogens is 6. The predicted octanol–water partition coefficient (Wildman–Crippen LogP) is 1.80. The molecule has 0 N–H and O–H groups in total. The standard InChI is InChI=1S/C6H6BF6N2/c1-3-4(7(11,12)13)5(6(8,9)10)14-15(3)2/h1-2H3/q-1. The Morgan fingerprint density at radius 3 is 1.93 bits per heavy atom. The Kier molecular flexibility index (Phi) is 2.52. The van der Waals surface area contributed by atoms with Gasteiger partial charge in [0, 0.05) is 12.7 Å². The van der Waals surface area contributed by atoms with Crippen molar-refractivity contribution in [2.45, 2.75) is 13.1 Å². The van der Waals surface area contributed by atoms with Crippen LogP contribution in [0.2, 0.25) is 0 Å². The molecule has 15 heavy (non-hydrogen) atoms. The summed E-state index contributed by atoms with van der Waals surface area (Å²) in [7, 11) is 1.04. The van der Waals surface area contributed by atoms with E-state index in [2.05, 4.69) is 5.10 Å². The normalized spacial score (nSPS) is 13.3. The van der Waals surface area contributed by atoms with Gasteiger partial charge in [-0.3, -0.25) is 4.68 Å². The van der Waals surface area contributed by atoms with Crippen LogP contribution in [0.4, 0.5) is 26.1 Å². The third-order valence-corrected chi connectivity index (χ3v) is 1.98. The molecule has 0 aliphatic carbocycles. The Bertz CT molecular complexity index is 376. The van der Waals surface area contributed by atoms with Crippen LogP contribution in [-0.2, 0) is 13.2 Å². The number of nitrogens with zero attached hydrogens (tertiary/aromatic N) is 2. The summed E-state index contributed by atoms with van der Waals surface area (Å²) in [6, 6.07) is 0. The number of hydrogen-bond donors (Lipinski definition) is 0. The summed E-state index contributed by atoms with van der Waals surface area (Å²) in [5, 5.41) is 2.84. The molecule has 0 aromatic carbocycles. The first-order chi connectivity index (χ1) is 6.55. The summed E-state index contributed by atoms with van der Waals surface area (Å²) in [5.74, 6) is 0. The smallest absolute Gasteiger partial charge is 0.445 e. The fourth-order valence-electron chi connectivity index (χ4n) is 1.23. The molecule has 1 heterocycles. The van der Waals surface area contributed by atoms with Crippen molar-refractivity contribution in [3.8, 4) is 0 Å². The van der Waals surface area contributed by atoms with Gasteiger partial charge in [0.15, 0.2) is 0 Å². The lowest BCUT2D eigenvalue weighted by atomic mass is 9.78. The number of rotatable bonds is 1. The van der Waals surface area contributed by atoms with Crippen molar-refractivity contribution in [3.63, 3.8) is 0 Å². The first-order valence-electron chi connectivity index (χ1n) is 3.85. The SMILES string of the molecule is Cc1c([B-](F)(F)F)c(C(F)(F)F)nn1C. The van der Waals surface area contributed by atoms with Gasteiger partial charge in [-0.05, 0) is 6.92 Å². The Labute approximate surface area is 80.9 Å². The number of aromatic nitrogens is 2. The maximum Gasteiger partial charge on any atom is 0.513 e. The zero-order chi connectivity index (χ0) is 12.0. The molecule has 0 aliphatic heterocycles. The molecular formula is C6H6BF6N2-. The maximum atomic E-state index is 12.4. The fourth-order valence-corrected chi connectivity index (χ4v) is 1.23. The van der Waals surface area contributed by atoms with Gasteiger partial charge in [0.25, 0.3) is 0 Å². The van der Waals surface area contributed by atoms with E-state index < -0.39 is 30.0 Å². The monoisotopic (exact) mass is 231 g/mol. The second kappa shape index (κ2) is 3.17. The summed E-state index contributed by atoms with van der Waals surface area (Å²) in [4.78, 5) is 0. The average Bonchev–Trinajstić information content (AvgIpc) is 2.25. The van der Waals surface area contributed by atoms with Gasteiger partial charge >= 0.3 is 13.2 Å². The molecule has 86 valence electrons. The van der Waals surface area contributed by atoms with Crippen LogP contribution in [0, 0.1) is 6.92 Å². The van der Waals surface area contributed by atoms with Crippen LogP contribution in [0.1, 0.15) is 11.4 Å². The van der Waals surface area contributed by atoms with E-state index in [0.717, 1.165) is 14.0 Å². The topological polar surface area (TPSA) is 17.8 Å². The molecule has 0 saturated carbocycles. The Hall–Kier alpha value is -1.15. The van der Waals surface area contributed by atoms with Crippen LogP contribution in [-0.4, -0.2) is 16.8 Å². The number of alkyl halides is 3. The van der Waals surface area contributed by atoms with Gasteiger partial charge < -0.3 is 12.9 Å². The van der Waals surface area contributed by atoms with E-state index >= 15 is 0 Å². The van der Waals surface area contributed by atoms with E-state index in [-0.39, 0.29) is 0 Å². The first kappa shape index (κ1) is 11.9. The lowest BCUT2D eigenvalue weighted by molar-refractivity contribution is -0.140. The lowest BCUT2D eigenvalue weighted by Gasteiger charge is -2.17. The van der Waals surface area contributed by atoms with E-state index in [4.69, 9.17) is 0 Å². The van der Waals surface area contributed by atoms with E-state index in [0.29, 0.717) is 4.68 Å². The van der Waals surface area contributed by atoms with Crippen LogP contribution in [0.25, 0.3) is 0 Å². The van der Waals surface area contributed by atoms with Crippen molar-refractivity contribution in [2.75, 3.05) is 0 Å². The molecule has 1 aromatic rings. The van der Waals surface area contributed by atoms with Crippen LogP contribution in [0.15, 0.2) is 0 Å². The largest absolute Gasteiger partial charge is 0.513 e. The van der Waals surface area contributed by atoms with Gasteiger partial charge in [0.05, 0.1) is 0 Å². The molecule has 0 aliphatic rings. The molecule has 9 heteroatoms. The summed E-state index contributed by atoms with van der Waals surface area (Å²) in [6.45, 7) is -4.76. The van der Waals surface area contributed by atoms with Crippen molar-refractivity contribution in [1.82, 2.24) is 9.78 Å². The Morgan fingerprint density at radius 2 is 1.67 bits per heavy atom. The van der Waals surface area contributed by atoms with Crippen molar-refractivity contribution >= 4 is 12.4 Å². The highest BCUT2D eigenvalue weighted by Crippen LogP contribution is 2.29. The Balaban J connectivity index is 3.48. The molecular weight excluding hydrogens is 225 g/mol. The van der Waals surface area contributed by atoms with Crippen molar-refractivity contribution in [3.05, 3.63) is 11.4 Å². The predicted molar refractivity (Wildman–Crippen MR) is 41.7 cm³/mol. The summed E-state index contributed by atoms with van der Waals surface area (Å²) in [5.41, 5.74) is -4.06. The van der Waals surface area contributed by atoms with Crippen LogP contribution >= 0.6 is 0 Å². The molecule has 0 saturated heterocycles. The molecule has 0 radical (unpaired) electrons. The van der Waals surface area contributed by atoms with E-state index in [1.165, 1.54) is 0 Å². The second-order valence-electron chi connectivity index (χ2n) is 3.04. The molecule has 1 rings (SSSR count). The summed E-state index contributed by atoms with van der Waals surface area (Å²) in [6.07, 6.45) is -5.08. The van der Waals surface area contributed by atoms with Crippen molar-refractivity contribution in [2.24, 2.45) is 7.05 Å². The van der Waals surface area contributed by atoms with Crippen LogP contribution in [0.3, 0.4) is 0 Å². The molecule has 0 spiro atoms. The van der Waals surface area contributed by atoms with Gasteiger partial charge in [-0.1, -0.05) is 5.46 Å². The zero-order valence-electron chi connectivity index (χ0n) is 7.74. The van der Waals surface area contributed by atoms with Gasteiger partial charge in [-0.25, -0.2) is 0 Å². The minimum Gasteiger partial charge on any atom is -0.445 e. The zero-order valence-corrected chi connectivity index (χ0v) is 7.74. The quantitative estimate of drug-likeness (QED) is 0.532. The van der Waals surface area contributed by atoms with Crippen LogP contribution in [0.5, 0.6) is 0 Å². The second-order valence-corrected chi connectivity index (χ2v) is 3.04. The average molecular weight is 231 g/mol. The third-order valence-electron chi connectivity index (χ3n) is 1.98. The molecule has 0 amide bonds. The van der Waals surface area contributed by atoms with E-state index in [1.807, 2.05) is 0 Å². The fraction of sp³-hybridized carbons (Fsp3) is 0.500. The molecule has 0 bridgehead atoms. The number of aryl methyl sites for hydroxylation is 1. The van der Waals surface area contributed by atoms with Gasteiger partial charge in [-0.15, -0.1) is 0 Å². The van der Waals surface area contributed by atoms with Crippen LogP contribution < -0.4 is 5.46 Å². The minimum atomic E-state index is -5.71. The summed E-state index contributed by atoms with van der Waals surface area (Å²) >= 11 is 0. The Morgan fingerprint density at radius 1 is 1.20 bits per heavy atom. The minimum absolute atomic E-state index is 0.533. The highest BCUT2D eigenvalue weighted by atomic mass is 19.4. The van der Waals surface area contributed by atoms with Gasteiger partial charge in [0.1, 0.15) is 5.69 Å². The highest BCUT2D eigenvalue weighted by molar-refractivity contribution is 6.74. The van der Waals surface area contributed by atoms with E-state index in [9.17, 15) is 26.1 Å². The van der Waals surface area contributed by atoms with Gasteiger partial charge in [0.2, 0.25) is 0 Å². The molecule has 1 aromatic heterocycles. The molecule has 2 nitrogen and oxygen atoms in total. The lowest BCUT2D eigenvalue weighted by Crippen LogP contribution is -2.40. The third kappa shape index (κ3) is 2.10. The molecule has 0 atom stereocenters. The maximum absolute atomic E-state index is 12.4. The highest BCUT2D eigenvalue weighted by Gasteiger charge is 2.44. The first-order valence-corrected chi connectivity index (χ1v) is 3.85. The van der Waals surface area contributed by atoms with Gasteiger partial charge in [-0.2, -0.15) is 18.3 Å². The van der Waals surface area contributed by atoms with E-state index in [1.54, 1.807) is 0 Å². The number of hydrogen-bond acceptors (Lipinski definition) is 1. The van der Waals surface area contributed by atoms with Crippen molar-refractivity contribution < 1.29 is 26.1 Å². The molecule has 0 unspecified atom stereocenters.